The molecule has 8 nitrogen and oxygen atoms in total. The summed E-state index contributed by atoms with van der Waals surface area (Å²) in [6.45, 7) is 2.91. The molecule has 3 amide bonds. The lowest BCUT2D eigenvalue weighted by Gasteiger charge is -2.27. The quantitative estimate of drug-likeness (QED) is 0.516. The third kappa shape index (κ3) is 4.62. The summed E-state index contributed by atoms with van der Waals surface area (Å²) in [5.74, 6) is -0.0350. The van der Waals surface area contributed by atoms with Crippen molar-refractivity contribution in [3.05, 3.63) is 0 Å². The minimum Gasteiger partial charge on any atom is -0.388 e. The number of hydrogen-bond acceptors (Lipinski definition) is 5. The van der Waals surface area contributed by atoms with Crippen molar-refractivity contribution in [1.29, 1.82) is 0 Å². The number of amides is 3. The smallest absolute Gasteiger partial charge is 0.315 e. The van der Waals surface area contributed by atoms with Gasteiger partial charge in [-0.3, -0.25) is 4.79 Å². The van der Waals surface area contributed by atoms with Gasteiger partial charge in [0, 0.05) is 25.6 Å². The number of urea groups is 1. The highest BCUT2D eigenvalue weighted by molar-refractivity contribution is 5.76. The Morgan fingerprint density at radius 3 is 2.64 bits per heavy atom. The Bertz CT molecular complexity index is 485. The van der Waals surface area contributed by atoms with E-state index in [9.17, 15) is 14.7 Å². The molecule has 3 aliphatic rings. The number of aliphatic hydroxyl groups is 1. The summed E-state index contributed by atoms with van der Waals surface area (Å²) in [6.07, 6.45) is 2.85. The molecule has 4 N–H and O–H groups in total. The normalized spacial score (nSPS) is 34.2. The highest BCUT2D eigenvalue weighted by atomic mass is 16.6. The zero-order valence-corrected chi connectivity index (χ0v) is 14.7. The van der Waals surface area contributed by atoms with Crippen molar-refractivity contribution in [1.82, 2.24) is 16.0 Å². The van der Waals surface area contributed by atoms with Gasteiger partial charge in [0.25, 0.3) is 0 Å². The second-order valence-corrected chi connectivity index (χ2v) is 7.20. The maximum absolute atomic E-state index is 11.8. The van der Waals surface area contributed by atoms with Crippen LogP contribution in [0.25, 0.3) is 0 Å². The van der Waals surface area contributed by atoms with E-state index in [0.29, 0.717) is 13.0 Å². The first-order chi connectivity index (χ1) is 12.1. The maximum atomic E-state index is 11.8. The average Bonchev–Trinajstić information content (AvgIpc) is 3.06. The first kappa shape index (κ1) is 18.4. The van der Waals surface area contributed by atoms with Crippen molar-refractivity contribution >= 4 is 11.9 Å². The zero-order chi connectivity index (χ0) is 17.8. The van der Waals surface area contributed by atoms with Gasteiger partial charge in [0.15, 0.2) is 0 Å². The number of fused-ring (bicyclic) bond motifs is 1. The van der Waals surface area contributed by atoms with Gasteiger partial charge < -0.3 is 30.5 Å². The molecule has 2 aliphatic heterocycles. The largest absolute Gasteiger partial charge is 0.388 e. The summed E-state index contributed by atoms with van der Waals surface area (Å²) in [4.78, 5) is 23.6. The van der Waals surface area contributed by atoms with Crippen LogP contribution in [0.15, 0.2) is 0 Å². The van der Waals surface area contributed by atoms with Gasteiger partial charge in [0.1, 0.15) is 18.3 Å². The Labute approximate surface area is 148 Å². The summed E-state index contributed by atoms with van der Waals surface area (Å²) in [5.41, 5.74) is 0. The van der Waals surface area contributed by atoms with Gasteiger partial charge in [-0.25, -0.2) is 4.79 Å². The minimum atomic E-state index is -0.794. The molecule has 0 aromatic carbocycles. The van der Waals surface area contributed by atoms with Crippen LogP contribution in [0.1, 0.15) is 45.4 Å². The van der Waals surface area contributed by atoms with Gasteiger partial charge in [-0.05, 0) is 25.7 Å². The molecular weight excluding hydrogens is 326 g/mol. The highest BCUT2D eigenvalue weighted by Crippen LogP contribution is 2.35. The molecule has 8 heteroatoms. The van der Waals surface area contributed by atoms with Crippen LogP contribution in [0.4, 0.5) is 4.79 Å². The fourth-order valence-corrected chi connectivity index (χ4v) is 3.53. The monoisotopic (exact) mass is 355 g/mol. The van der Waals surface area contributed by atoms with Crippen molar-refractivity contribution in [3.63, 3.8) is 0 Å². The van der Waals surface area contributed by atoms with Gasteiger partial charge in [-0.1, -0.05) is 6.92 Å². The number of rotatable bonds is 7. The Morgan fingerprint density at radius 1 is 1.20 bits per heavy atom. The van der Waals surface area contributed by atoms with E-state index in [1.54, 1.807) is 0 Å². The van der Waals surface area contributed by atoms with Crippen LogP contribution >= 0.6 is 0 Å². The van der Waals surface area contributed by atoms with Gasteiger partial charge in [0.2, 0.25) is 5.91 Å². The van der Waals surface area contributed by atoms with Crippen LogP contribution in [-0.2, 0) is 14.3 Å². The van der Waals surface area contributed by atoms with E-state index in [4.69, 9.17) is 9.47 Å². The molecule has 2 heterocycles. The van der Waals surface area contributed by atoms with Crippen molar-refractivity contribution in [2.75, 3.05) is 13.1 Å². The number of ether oxygens (including phenoxy) is 2. The Balaban J connectivity index is 1.37. The van der Waals surface area contributed by atoms with Gasteiger partial charge in [0.05, 0.1) is 18.6 Å². The molecular formula is C17H29N3O5. The van der Waals surface area contributed by atoms with Crippen molar-refractivity contribution in [2.45, 2.75) is 82.0 Å². The average molecular weight is 355 g/mol. The van der Waals surface area contributed by atoms with E-state index in [-0.39, 0.29) is 43.2 Å². The Kier molecular flexibility index (Phi) is 6.14. The molecule has 5 unspecified atom stereocenters. The van der Waals surface area contributed by atoms with Crippen LogP contribution < -0.4 is 16.0 Å². The summed E-state index contributed by atoms with van der Waals surface area (Å²) in [7, 11) is 0. The minimum absolute atomic E-state index is 0.0350. The Hall–Kier alpha value is -1.38. The predicted molar refractivity (Wildman–Crippen MR) is 90.0 cm³/mol. The van der Waals surface area contributed by atoms with Crippen LogP contribution in [0.5, 0.6) is 0 Å². The molecule has 3 fully saturated rings. The van der Waals surface area contributed by atoms with E-state index >= 15 is 0 Å². The summed E-state index contributed by atoms with van der Waals surface area (Å²) >= 11 is 0. The molecule has 0 aromatic rings. The molecule has 0 bridgehead atoms. The number of hydrogen-bond donors (Lipinski definition) is 4. The molecule has 25 heavy (non-hydrogen) atoms. The first-order valence-electron chi connectivity index (χ1n) is 9.37. The number of carbonyl (C=O) groups is 2. The summed E-state index contributed by atoms with van der Waals surface area (Å²) in [6, 6.07) is 0.0562. The number of nitrogens with one attached hydrogen (secondary N) is 3. The fourth-order valence-electron chi connectivity index (χ4n) is 3.53. The van der Waals surface area contributed by atoms with Gasteiger partial charge >= 0.3 is 6.03 Å². The second-order valence-electron chi connectivity index (χ2n) is 7.20. The van der Waals surface area contributed by atoms with Crippen LogP contribution in [-0.4, -0.2) is 66.7 Å². The summed E-state index contributed by atoms with van der Waals surface area (Å²) < 4.78 is 11.6. The lowest BCUT2D eigenvalue weighted by Crippen LogP contribution is -2.48. The standard InChI is InChI=1S/C17H29N3O5/c1-2-6-18-14(21)8-11-7-12-16(24-11)15(22)13(25-12)9-19-17(23)20-10-4-3-5-10/h10-13,15-16,22H,2-9H2,1H3,(H,18,21)(H2,19,20,23). The maximum Gasteiger partial charge on any atom is 0.315 e. The highest BCUT2D eigenvalue weighted by Gasteiger charge is 2.50. The van der Waals surface area contributed by atoms with Gasteiger partial charge in [-0.2, -0.15) is 0 Å². The summed E-state index contributed by atoms with van der Waals surface area (Å²) in [5, 5.41) is 18.9. The topological polar surface area (TPSA) is 109 Å². The molecule has 1 aliphatic carbocycles. The van der Waals surface area contributed by atoms with Crippen molar-refractivity contribution in [3.8, 4) is 0 Å². The molecule has 2 saturated heterocycles. The van der Waals surface area contributed by atoms with E-state index in [1.807, 2.05) is 6.92 Å². The van der Waals surface area contributed by atoms with E-state index in [0.717, 1.165) is 25.7 Å². The molecule has 0 aromatic heterocycles. The van der Waals surface area contributed by atoms with E-state index < -0.39 is 18.3 Å². The second kappa shape index (κ2) is 8.33. The molecule has 0 spiro atoms. The first-order valence-corrected chi connectivity index (χ1v) is 9.37. The zero-order valence-electron chi connectivity index (χ0n) is 14.7. The number of carbonyl (C=O) groups excluding carboxylic acids is 2. The molecule has 3 rings (SSSR count). The van der Waals surface area contributed by atoms with Crippen molar-refractivity contribution < 1.29 is 24.2 Å². The SMILES string of the molecule is CCCNC(=O)CC1CC2OC(CNC(=O)NC3CCC3)C(O)C2O1. The third-order valence-electron chi connectivity index (χ3n) is 5.17. The number of aliphatic hydroxyl groups excluding tert-OH is 1. The Morgan fingerprint density at radius 2 is 2.00 bits per heavy atom. The van der Waals surface area contributed by atoms with E-state index in [2.05, 4.69) is 16.0 Å². The fraction of sp³-hybridized carbons (Fsp3) is 0.882. The van der Waals surface area contributed by atoms with Crippen molar-refractivity contribution in [2.24, 2.45) is 0 Å². The molecule has 142 valence electrons. The third-order valence-corrected chi connectivity index (χ3v) is 5.17. The lowest BCUT2D eigenvalue weighted by molar-refractivity contribution is -0.124. The van der Waals surface area contributed by atoms with Gasteiger partial charge in [-0.15, -0.1) is 0 Å². The lowest BCUT2D eigenvalue weighted by atomic mass is 9.93. The van der Waals surface area contributed by atoms with E-state index in [1.165, 1.54) is 0 Å². The molecule has 5 atom stereocenters. The predicted octanol–water partition coefficient (Wildman–Crippen LogP) is 0.0402. The van der Waals surface area contributed by atoms with Crippen LogP contribution in [0.3, 0.4) is 0 Å². The van der Waals surface area contributed by atoms with Crippen LogP contribution in [0.2, 0.25) is 0 Å². The molecule has 1 saturated carbocycles. The van der Waals surface area contributed by atoms with Crippen LogP contribution in [0, 0.1) is 0 Å². The molecule has 0 radical (unpaired) electrons.